The Hall–Kier alpha value is -1.27. The van der Waals surface area contributed by atoms with Crippen molar-refractivity contribution in [1.82, 2.24) is 0 Å². The smallest absolute Gasteiger partial charge is 0.334 e. The van der Waals surface area contributed by atoms with Crippen LogP contribution in [0.3, 0.4) is 0 Å². The predicted octanol–water partition coefficient (Wildman–Crippen LogP) is -2.24. The lowest BCUT2D eigenvalue weighted by molar-refractivity contribution is -0.342. The van der Waals surface area contributed by atoms with Crippen molar-refractivity contribution < 1.29 is 49.6 Å². The van der Waals surface area contributed by atoms with Gasteiger partial charge in [0.2, 0.25) is 6.29 Å². The van der Waals surface area contributed by atoms with Crippen LogP contribution in [0, 0.1) is 17.8 Å². The molecule has 3 aliphatic rings. The van der Waals surface area contributed by atoms with Gasteiger partial charge in [0.05, 0.1) is 24.5 Å². The molecule has 0 aromatic carbocycles. The Bertz CT molecular complexity index is 563. The van der Waals surface area contributed by atoms with Crippen LogP contribution in [-0.4, -0.2) is 86.3 Å². The van der Waals surface area contributed by atoms with E-state index in [9.17, 15) is 35.4 Å². The molecule has 0 radical (unpaired) electrons. The minimum atomic E-state index is -1.60. The van der Waals surface area contributed by atoms with Crippen molar-refractivity contribution in [2.24, 2.45) is 17.8 Å². The Labute approximate surface area is 149 Å². The summed E-state index contributed by atoms with van der Waals surface area (Å²) in [5.74, 6) is -2.49. The van der Waals surface area contributed by atoms with E-state index in [0.29, 0.717) is 0 Å². The number of aliphatic carboxylic acids is 1. The van der Waals surface area contributed by atoms with Crippen LogP contribution in [0.25, 0.3) is 0 Å². The molecule has 6 N–H and O–H groups in total. The number of hydrogen-bond acceptors (Lipinski definition) is 9. The number of carboxylic acids is 1. The fraction of sp³-hybridized carbons (Fsp3) is 0.812. The van der Waals surface area contributed by atoms with Gasteiger partial charge in [0.1, 0.15) is 24.4 Å². The van der Waals surface area contributed by atoms with Crippen LogP contribution in [0.1, 0.15) is 13.3 Å². The number of ether oxygens (including phenoxy) is 3. The van der Waals surface area contributed by atoms with Gasteiger partial charge < -0.3 is 44.8 Å². The molecular formula is C16H24O10. The molecule has 0 spiro atoms. The Morgan fingerprint density at radius 3 is 2.50 bits per heavy atom. The molecule has 148 valence electrons. The maximum atomic E-state index is 11.4. The minimum absolute atomic E-state index is 0.0343. The van der Waals surface area contributed by atoms with Gasteiger partial charge in [0.15, 0.2) is 6.29 Å². The summed E-state index contributed by atoms with van der Waals surface area (Å²) in [5.41, 5.74) is 0.0343. The van der Waals surface area contributed by atoms with Crippen molar-refractivity contribution in [3.63, 3.8) is 0 Å². The highest BCUT2D eigenvalue weighted by atomic mass is 16.8. The van der Waals surface area contributed by atoms with Gasteiger partial charge in [0.25, 0.3) is 0 Å². The van der Waals surface area contributed by atoms with Gasteiger partial charge in [-0.25, -0.2) is 4.79 Å². The number of fused-ring (bicyclic) bond motifs is 1. The molecule has 0 amide bonds. The molecule has 2 fully saturated rings. The van der Waals surface area contributed by atoms with Crippen molar-refractivity contribution in [1.29, 1.82) is 0 Å². The summed E-state index contributed by atoms with van der Waals surface area (Å²) in [4.78, 5) is 11.4. The van der Waals surface area contributed by atoms with E-state index in [4.69, 9.17) is 14.2 Å². The highest BCUT2D eigenvalue weighted by Gasteiger charge is 2.53. The zero-order valence-corrected chi connectivity index (χ0v) is 14.1. The van der Waals surface area contributed by atoms with E-state index in [2.05, 4.69) is 0 Å². The Kier molecular flexibility index (Phi) is 5.54. The molecule has 1 saturated heterocycles. The zero-order chi connectivity index (χ0) is 19.2. The largest absolute Gasteiger partial charge is 0.478 e. The molecule has 3 rings (SSSR count). The highest BCUT2D eigenvalue weighted by Crippen LogP contribution is 2.47. The molecule has 2 aliphatic heterocycles. The monoisotopic (exact) mass is 376 g/mol. The van der Waals surface area contributed by atoms with Gasteiger partial charge in [-0.3, -0.25) is 0 Å². The first-order valence-electron chi connectivity index (χ1n) is 8.49. The first kappa shape index (κ1) is 19.5. The first-order chi connectivity index (χ1) is 12.3. The van der Waals surface area contributed by atoms with Crippen LogP contribution < -0.4 is 0 Å². The van der Waals surface area contributed by atoms with Crippen LogP contribution in [0.2, 0.25) is 0 Å². The second-order valence-electron chi connectivity index (χ2n) is 7.06. The minimum Gasteiger partial charge on any atom is -0.478 e. The van der Waals surface area contributed by atoms with E-state index in [1.807, 2.05) is 0 Å². The summed E-state index contributed by atoms with van der Waals surface area (Å²) >= 11 is 0. The number of rotatable bonds is 4. The molecule has 1 aliphatic carbocycles. The Morgan fingerprint density at radius 2 is 1.88 bits per heavy atom. The topological polar surface area (TPSA) is 166 Å². The molecule has 10 heteroatoms. The lowest BCUT2D eigenvalue weighted by Crippen LogP contribution is -2.60. The molecule has 2 heterocycles. The number of hydrogen-bond donors (Lipinski definition) is 6. The van der Waals surface area contributed by atoms with Gasteiger partial charge in [-0.2, -0.15) is 0 Å². The zero-order valence-electron chi connectivity index (χ0n) is 14.1. The molecule has 0 aromatic heterocycles. The standard InChI is InChI=1S/C16H24O10/c1-5-8(18)2-6-7(14(22)23)4-24-15(10(5)6)26-16-13(21)12(20)11(19)9(3-17)25-16/h4-6,8-13,15-21H,2-3H2,1H3,(H,22,23)/t5-,6+,8+,9+,10-,11-,12-,13-,15+,16-/m1/s1. The molecule has 0 unspecified atom stereocenters. The summed E-state index contributed by atoms with van der Waals surface area (Å²) in [7, 11) is 0. The fourth-order valence-electron chi connectivity index (χ4n) is 3.99. The van der Waals surface area contributed by atoms with E-state index in [-0.39, 0.29) is 17.9 Å². The first-order valence-corrected chi connectivity index (χ1v) is 8.49. The molecule has 26 heavy (non-hydrogen) atoms. The second kappa shape index (κ2) is 7.39. The number of carbonyl (C=O) groups is 1. The summed E-state index contributed by atoms with van der Waals surface area (Å²) < 4.78 is 16.3. The van der Waals surface area contributed by atoms with Crippen molar-refractivity contribution in [3.8, 4) is 0 Å². The lowest BCUT2D eigenvalue weighted by atomic mass is 9.83. The van der Waals surface area contributed by atoms with Crippen molar-refractivity contribution in [3.05, 3.63) is 11.8 Å². The third-order valence-electron chi connectivity index (χ3n) is 5.58. The van der Waals surface area contributed by atoms with Crippen molar-refractivity contribution in [2.45, 2.75) is 56.4 Å². The number of aliphatic hydroxyl groups excluding tert-OH is 5. The molecular weight excluding hydrogens is 352 g/mol. The molecule has 10 atom stereocenters. The van der Waals surface area contributed by atoms with Crippen LogP contribution in [0.5, 0.6) is 0 Å². The third kappa shape index (κ3) is 3.22. The van der Waals surface area contributed by atoms with Crippen molar-refractivity contribution in [2.75, 3.05) is 6.61 Å². The van der Waals surface area contributed by atoms with E-state index in [0.717, 1.165) is 6.26 Å². The summed E-state index contributed by atoms with van der Waals surface area (Å²) in [6.07, 6.45) is -7.71. The maximum absolute atomic E-state index is 11.4. The van der Waals surface area contributed by atoms with Crippen molar-refractivity contribution >= 4 is 5.97 Å². The number of aliphatic hydroxyl groups is 5. The molecule has 0 aromatic rings. The predicted molar refractivity (Wildman–Crippen MR) is 82.2 cm³/mol. The molecule has 10 nitrogen and oxygen atoms in total. The number of carboxylic acid groups (broad SMARTS) is 1. The average Bonchev–Trinajstić information content (AvgIpc) is 2.90. The van der Waals surface area contributed by atoms with E-state index >= 15 is 0 Å². The average molecular weight is 376 g/mol. The van der Waals surface area contributed by atoms with Gasteiger partial charge in [0, 0.05) is 11.8 Å². The Morgan fingerprint density at radius 1 is 1.19 bits per heavy atom. The van der Waals surface area contributed by atoms with Crippen LogP contribution in [-0.2, 0) is 19.0 Å². The fourth-order valence-corrected chi connectivity index (χ4v) is 3.99. The normalized spacial score (nSPS) is 48.5. The summed E-state index contributed by atoms with van der Waals surface area (Å²) in [6, 6.07) is 0. The van der Waals surface area contributed by atoms with Gasteiger partial charge in [-0.15, -0.1) is 0 Å². The highest BCUT2D eigenvalue weighted by molar-refractivity contribution is 5.87. The van der Waals surface area contributed by atoms with E-state index in [1.54, 1.807) is 6.92 Å². The van der Waals surface area contributed by atoms with Gasteiger partial charge >= 0.3 is 5.97 Å². The third-order valence-corrected chi connectivity index (χ3v) is 5.58. The molecule has 0 bridgehead atoms. The van der Waals surface area contributed by atoms with Crippen LogP contribution >= 0.6 is 0 Å². The molecule has 1 saturated carbocycles. The van der Waals surface area contributed by atoms with Gasteiger partial charge in [-0.1, -0.05) is 6.92 Å². The van der Waals surface area contributed by atoms with E-state index < -0.39 is 67.5 Å². The van der Waals surface area contributed by atoms with Gasteiger partial charge in [-0.05, 0) is 12.3 Å². The Balaban J connectivity index is 1.79. The second-order valence-corrected chi connectivity index (χ2v) is 7.06. The lowest BCUT2D eigenvalue weighted by Gasteiger charge is -2.43. The van der Waals surface area contributed by atoms with Crippen LogP contribution in [0.15, 0.2) is 11.8 Å². The SMILES string of the molecule is C[C@H]1[C@H]2[C@H](O[C@H]3O[C@@H](CO)[C@@H](O)[C@@H](O)[C@H]3O)OC=C(C(=O)O)[C@@H]2C[C@@H]1O. The summed E-state index contributed by atoms with van der Waals surface area (Å²) in [5, 5.41) is 58.5. The van der Waals surface area contributed by atoms with Crippen LogP contribution in [0.4, 0.5) is 0 Å². The quantitative estimate of drug-likeness (QED) is 0.316. The maximum Gasteiger partial charge on any atom is 0.334 e. The van der Waals surface area contributed by atoms with E-state index in [1.165, 1.54) is 0 Å². The summed E-state index contributed by atoms with van der Waals surface area (Å²) in [6.45, 7) is 1.15.